The molecule has 3 rings (SSSR count). The molecule has 1 heterocycles. The summed E-state index contributed by atoms with van der Waals surface area (Å²) in [4.78, 5) is 12.1. The SMILES string of the molecule is CC(NC(=O)NCc1ccc2c(c1)OCCO2)c1cccc(Cl)c1. The normalized spacial score (nSPS) is 13.9. The minimum absolute atomic E-state index is 0.135. The van der Waals surface area contributed by atoms with E-state index in [-0.39, 0.29) is 12.1 Å². The van der Waals surface area contributed by atoms with E-state index in [1.807, 2.05) is 43.3 Å². The maximum Gasteiger partial charge on any atom is 0.315 e. The van der Waals surface area contributed by atoms with Gasteiger partial charge in [0.05, 0.1) is 6.04 Å². The molecule has 1 aliphatic rings. The molecule has 2 N–H and O–H groups in total. The van der Waals surface area contributed by atoms with Crippen LogP contribution in [0.5, 0.6) is 11.5 Å². The van der Waals surface area contributed by atoms with Gasteiger partial charge < -0.3 is 20.1 Å². The van der Waals surface area contributed by atoms with E-state index in [1.165, 1.54) is 0 Å². The van der Waals surface area contributed by atoms with Gasteiger partial charge in [0.1, 0.15) is 13.2 Å². The summed E-state index contributed by atoms with van der Waals surface area (Å²) in [6.07, 6.45) is 0. The molecule has 0 saturated carbocycles. The molecule has 126 valence electrons. The van der Waals surface area contributed by atoms with Crippen LogP contribution in [-0.2, 0) is 6.54 Å². The largest absolute Gasteiger partial charge is 0.486 e. The number of benzene rings is 2. The summed E-state index contributed by atoms with van der Waals surface area (Å²) in [6, 6.07) is 12.7. The second kappa shape index (κ2) is 7.45. The van der Waals surface area contributed by atoms with E-state index in [9.17, 15) is 4.79 Å². The van der Waals surface area contributed by atoms with Gasteiger partial charge in [-0.05, 0) is 42.3 Å². The Morgan fingerprint density at radius 1 is 1.17 bits per heavy atom. The summed E-state index contributed by atoms with van der Waals surface area (Å²) in [5, 5.41) is 6.38. The van der Waals surface area contributed by atoms with Gasteiger partial charge in [0.25, 0.3) is 0 Å². The third-order valence-electron chi connectivity index (χ3n) is 3.76. The predicted octanol–water partition coefficient (Wildman–Crippen LogP) is 3.67. The fourth-order valence-electron chi connectivity index (χ4n) is 2.49. The average molecular weight is 347 g/mol. The Hall–Kier alpha value is -2.40. The first-order valence-electron chi connectivity index (χ1n) is 7.80. The third-order valence-corrected chi connectivity index (χ3v) is 3.99. The highest BCUT2D eigenvalue weighted by Crippen LogP contribution is 2.30. The Bertz CT molecular complexity index is 736. The average Bonchev–Trinajstić information content (AvgIpc) is 2.59. The molecular weight excluding hydrogens is 328 g/mol. The Labute approximate surface area is 145 Å². The van der Waals surface area contributed by atoms with Gasteiger partial charge in [-0.1, -0.05) is 29.8 Å². The number of hydrogen-bond acceptors (Lipinski definition) is 3. The molecule has 1 aliphatic heterocycles. The number of carbonyl (C=O) groups is 1. The molecule has 2 aromatic carbocycles. The van der Waals surface area contributed by atoms with Crippen molar-refractivity contribution >= 4 is 17.6 Å². The fourth-order valence-corrected chi connectivity index (χ4v) is 2.69. The molecule has 0 aromatic heterocycles. The first kappa shape index (κ1) is 16.5. The molecule has 24 heavy (non-hydrogen) atoms. The van der Waals surface area contributed by atoms with Gasteiger partial charge >= 0.3 is 6.03 Å². The van der Waals surface area contributed by atoms with Gasteiger partial charge in [-0.3, -0.25) is 0 Å². The predicted molar refractivity (Wildman–Crippen MR) is 92.7 cm³/mol. The van der Waals surface area contributed by atoms with Crippen LogP contribution in [-0.4, -0.2) is 19.2 Å². The number of rotatable bonds is 4. The smallest absolute Gasteiger partial charge is 0.315 e. The van der Waals surface area contributed by atoms with Crippen molar-refractivity contribution in [3.63, 3.8) is 0 Å². The minimum Gasteiger partial charge on any atom is -0.486 e. The van der Waals surface area contributed by atoms with Crippen LogP contribution in [0, 0.1) is 0 Å². The van der Waals surface area contributed by atoms with E-state index < -0.39 is 0 Å². The Balaban J connectivity index is 1.54. The van der Waals surface area contributed by atoms with E-state index in [4.69, 9.17) is 21.1 Å². The molecule has 0 fully saturated rings. The molecular formula is C18H19ClN2O3. The lowest BCUT2D eigenvalue weighted by atomic mass is 10.1. The number of urea groups is 1. The van der Waals surface area contributed by atoms with Crippen LogP contribution >= 0.6 is 11.6 Å². The van der Waals surface area contributed by atoms with Crippen molar-refractivity contribution < 1.29 is 14.3 Å². The van der Waals surface area contributed by atoms with E-state index in [1.54, 1.807) is 6.07 Å². The quantitative estimate of drug-likeness (QED) is 0.888. The summed E-state index contributed by atoms with van der Waals surface area (Å²) in [6.45, 7) is 3.43. The Morgan fingerprint density at radius 3 is 2.75 bits per heavy atom. The van der Waals surface area contributed by atoms with Crippen molar-refractivity contribution in [3.05, 3.63) is 58.6 Å². The van der Waals surface area contributed by atoms with Gasteiger partial charge in [-0.2, -0.15) is 0 Å². The lowest BCUT2D eigenvalue weighted by Crippen LogP contribution is -2.36. The van der Waals surface area contributed by atoms with E-state index >= 15 is 0 Å². The standard InChI is InChI=1S/C18H19ClN2O3/c1-12(14-3-2-4-15(19)10-14)21-18(22)20-11-13-5-6-16-17(9-13)24-8-7-23-16/h2-6,9-10,12H,7-8,11H2,1H3,(H2,20,21,22). The van der Waals surface area contributed by atoms with Crippen LogP contribution in [0.4, 0.5) is 4.79 Å². The second-order valence-electron chi connectivity index (χ2n) is 5.58. The van der Waals surface area contributed by atoms with Gasteiger partial charge in [-0.15, -0.1) is 0 Å². The number of halogens is 1. The van der Waals surface area contributed by atoms with Crippen LogP contribution in [0.3, 0.4) is 0 Å². The maximum atomic E-state index is 12.1. The molecule has 0 spiro atoms. The number of carbonyl (C=O) groups excluding carboxylic acids is 1. The summed E-state index contributed by atoms with van der Waals surface area (Å²) >= 11 is 5.97. The van der Waals surface area contributed by atoms with Crippen LogP contribution in [0.15, 0.2) is 42.5 Å². The number of hydrogen-bond donors (Lipinski definition) is 2. The molecule has 0 bridgehead atoms. The van der Waals surface area contributed by atoms with Gasteiger partial charge in [0.2, 0.25) is 0 Å². The number of fused-ring (bicyclic) bond motifs is 1. The molecule has 0 aliphatic carbocycles. The van der Waals surface area contributed by atoms with Crippen LogP contribution in [0.1, 0.15) is 24.1 Å². The van der Waals surface area contributed by atoms with E-state index in [2.05, 4.69) is 10.6 Å². The van der Waals surface area contributed by atoms with Crippen molar-refractivity contribution in [1.82, 2.24) is 10.6 Å². The molecule has 5 nitrogen and oxygen atoms in total. The topological polar surface area (TPSA) is 59.6 Å². The lowest BCUT2D eigenvalue weighted by Gasteiger charge is -2.19. The molecule has 6 heteroatoms. The van der Waals surface area contributed by atoms with Gasteiger partial charge in [0.15, 0.2) is 11.5 Å². The van der Waals surface area contributed by atoms with Gasteiger partial charge in [-0.25, -0.2) is 4.79 Å². The summed E-state index contributed by atoms with van der Waals surface area (Å²) in [5.41, 5.74) is 1.90. The Morgan fingerprint density at radius 2 is 1.96 bits per heavy atom. The molecule has 1 atom stereocenters. The summed E-state index contributed by atoms with van der Waals surface area (Å²) in [7, 11) is 0. The zero-order chi connectivity index (χ0) is 16.9. The number of amides is 2. The Kier molecular flexibility index (Phi) is 5.11. The van der Waals surface area contributed by atoms with Gasteiger partial charge in [0, 0.05) is 11.6 Å². The van der Waals surface area contributed by atoms with E-state index in [0.29, 0.717) is 30.5 Å². The lowest BCUT2D eigenvalue weighted by molar-refractivity contribution is 0.171. The monoisotopic (exact) mass is 346 g/mol. The number of nitrogens with one attached hydrogen (secondary N) is 2. The number of ether oxygens (including phenoxy) is 2. The molecule has 2 amide bonds. The molecule has 0 radical (unpaired) electrons. The van der Waals surface area contributed by atoms with Crippen molar-refractivity contribution in [2.24, 2.45) is 0 Å². The fraction of sp³-hybridized carbons (Fsp3) is 0.278. The first-order chi connectivity index (χ1) is 11.6. The van der Waals surface area contributed by atoms with Crippen LogP contribution in [0.25, 0.3) is 0 Å². The molecule has 0 saturated heterocycles. The molecule has 2 aromatic rings. The van der Waals surface area contributed by atoms with E-state index in [0.717, 1.165) is 16.9 Å². The van der Waals surface area contributed by atoms with Crippen molar-refractivity contribution in [2.45, 2.75) is 19.5 Å². The van der Waals surface area contributed by atoms with Crippen molar-refractivity contribution in [2.75, 3.05) is 13.2 Å². The highest BCUT2D eigenvalue weighted by atomic mass is 35.5. The zero-order valence-electron chi connectivity index (χ0n) is 13.3. The second-order valence-corrected chi connectivity index (χ2v) is 6.02. The zero-order valence-corrected chi connectivity index (χ0v) is 14.1. The van der Waals surface area contributed by atoms with Crippen LogP contribution < -0.4 is 20.1 Å². The molecule has 1 unspecified atom stereocenters. The van der Waals surface area contributed by atoms with Crippen LogP contribution in [0.2, 0.25) is 5.02 Å². The van der Waals surface area contributed by atoms with Crippen molar-refractivity contribution in [3.8, 4) is 11.5 Å². The summed E-state index contributed by atoms with van der Waals surface area (Å²) in [5.74, 6) is 1.46. The maximum absolute atomic E-state index is 12.1. The minimum atomic E-state index is -0.239. The highest BCUT2D eigenvalue weighted by Gasteiger charge is 2.13. The first-order valence-corrected chi connectivity index (χ1v) is 8.18. The third kappa shape index (κ3) is 4.11. The van der Waals surface area contributed by atoms with Crippen molar-refractivity contribution in [1.29, 1.82) is 0 Å². The summed E-state index contributed by atoms with van der Waals surface area (Å²) < 4.78 is 11.0. The highest BCUT2D eigenvalue weighted by molar-refractivity contribution is 6.30.